The Labute approximate surface area is 153 Å². The molecule has 0 atom stereocenters. The van der Waals surface area contributed by atoms with Crippen molar-refractivity contribution in [2.24, 2.45) is 0 Å². The maximum Gasteiger partial charge on any atom is 0.451 e. The van der Waals surface area contributed by atoms with E-state index in [1.165, 1.54) is 13.0 Å². The van der Waals surface area contributed by atoms with Crippen LogP contribution < -0.4 is 10.2 Å². The highest BCUT2D eigenvalue weighted by Crippen LogP contribution is 2.26. The quantitative estimate of drug-likeness (QED) is 0.872. The summed E-state index contributed by atoms with van der Waals surface area (Å²) in [7, 11) is 0. The molecule has 0 unspecified atom stereocenters. The lowest BCUT2D eigenvalue weighted by Crippen LogP contribution is -2.37. The molecule has 1 saturated heterocycles. The molecule has 3 rings (SSSR count). The number of anilines is 1. The number of rotatable bonds is 4. The van der Waals surface area contributed by atoms with Crippen molar-refractivity contribution in [3.8, 4) is 0 Å². The van der Waals surface area contributed by atoms with Gasteiger partial charge in [0.1, 0.15) is 11.5 Å². The lowest BCUT2D eigenvalue weighted by Gasteiger charge is -2.28. The van der Waals surface area contributed by atoms with E-state index in [-0.39, 0.29) is 17.9 Å². The van der Waals surface area contributed by atoms with Gasteiger partial charge in [0, 0.05) is 18.8 Å². The standard InChI is InChI=1S/C17H18F3N5O2/c1-11-9-13(24-16(22-11)17(18,19)20)15(26)21-10-12-3-2-4-14(23-12)25-5-7-27-8-6-25/h2-4,9H,5-8,10H2,1H3,(H,21,26). The summed E-state index contributed by atoms with van der Waals surface area (Å²) >= 11 is 0. The Balaban J connectivity index is 1.68. The van der Waals surface area contributed by atoms with E-state index in [9.17, 15) is 18.0 Å². The fourth-order valence-corrected chi connectivity index (χ4v) is 2.61. The molecule has 0 aliphatic carbocycles. The number of carbonyl (C=O) groups excluding carboxylic acids is 1. The van der Waals surface area contributed by atoms with Gasteiger partial charge in [0.15, 0.2) is 0 Å². The number of hydrogen-bond acceptors (Lipinski definition) is 6. The number of halogens is 3. The highest BCUT2D eigenvalue weighted by molar-refractivity contribution is 5.92. The second-order valence-electron chi connectivity index (χ2n) is 5.99. The summed E-state index contributed by atoms with van der Waals surface area (Å²) in [6, 6.07) is 6.62. The monoisotopic (exact) mass is 381 g/mol. The predicted octanol–water partition coefficient (Wildman–Crippen LogP) is 1.97. The molecule has 2 aromatic rings. The number of aryl methyl sites for hydroxylation is 1. The van der Waals surface area contributed by atoms with Crippen molar-refractivity contribution in [3.05, 3.63) is 47.2 Å². The van der Waals surface area contributed by atoms with E-state index < -0.39 is 17.9 Å². The number of pyridine rings is 1. The number of aromatic nitrogens is 3. The number of nitrogens with zero attached hydrogens (tertiary/aromatic N) is 4. The van der Waals surface area contributed by atoms with Gasteiger partial charge in [-0.1, -0.05) is 6.07 Å². The van der Waals surface area contributed by atoms with Crippen LogP contribution in [0.5, 0.6) is 0 Å². The van der Waals surface area contributed by atoms with Crippen molar-refractivity contribution in [2.75, 3.05) is 31.2 Å². The van der Waals surface area contributed by atoms with Crippen LogP contribution in [-0.4, -0.2) is 47.2 Å². The summed E-state index contributed by atoms with van der Waals surface area (Å²) in [6.07, 6.45) is -4.71. The average molecular weight is 381 g/mol. The molecule has 1 amide bonds. The molecule has 1 N–H and O–H groups in total. The minimum atomic E-state index is -4.71. The van der Waals surface area contributed by atoms with E-state index >= 15 is 0 Å². The average Bonchev–Trinajstić information content (AvgIpc) is 2.66. The smallest absolute Gasteiger partial charge is 0.378 e. The molecule has 27 heavy (non-hydrogen) atoms. The molecular weight excluding hydrogens is 363 g/mol. The summed E-state index contributed by atoms with van der Waals surface area (Å²) in [5.41, 5.74) is 0.322. The molecule has 144 valence electrons. The first-order valence-electron chi connectivity index (χ1n) is 8.32. The molecule has 0 aromatic carbocycles. The van der Waals surface area contributed by atoms with Crippen molar-refractivity contribution in [2.45, 2.75) is 19.6 Å². The van der Waals surface area contributed by atoms with Crippen LogP contribution in [0.15, 0.2) is 24.3 Å². The van der Waals surface area contributed by atoms with Crippen molar-refractivity contribution in [1.29, 1.82) is 0 Å². The largest absolute Gasteiger partial charge is 0.451 e. The van der Waals surface area contributed by atoms with Gasteiger partial charge in [-0.05, 0) is 25.1 Å². The number of ether oxygens (including phenoxy) is 1. The molecule has 2 aromatic heterocycles. The Kier molecular flexibility index (Phi) is 5.54. The van der Waals surface area contributed by atoms with Gasteiger partial charge in [0.2, 0.25) is 5.82 Å². The summed E-state index contributed by atoms with van der Waals surface area (Å²) < 4.78 is 43.7. The Morgan fingerprint density at radius 3 is 2.67 bits per heavy atom. The number of nitrogens with one attached hydrogen (secondary N) is 1. The van der Waals surface area contributed by atoms with Crippen LogP contribution in [-0.2, 0) is 17.5 Å². The Morgan fingerprint density at radius 2 is 1.96 bits per heavy atom. The summed E-state index contributed by atoms with van der Waals surface area (Å²) in [5.74, 6) is -1.29. The van der Waals surface area contributed by atoms with Crippen LogP contribution in [0.3, 0.4) is 0 Å². The van der Waals surface area contributed by atoms with E-state index in [1.54, 1.807) is 6.07 Å². The molecule has 1 aliphatic rings. The number of amides is 1. The second-order valence-corrected chi connectivity index (χ2v) is 5.99. The number of morpholine rings is 1. The summed E-state index contributed by atoms with van der Waals surface area (Å²) in [6.45, 7) is 4.14. The topological polar surface area (TPSA) is 80.2 Å². The van der Waals surface area contributed by atoms with E-state index in [2.05, 4.69) is 25.2 Å². The van der Waals surface area contributed by atoms with Gasteiger partial charge < -0.3 is 15.0 Å². The van der Waals surface area contributed by atoms with Gasteiger partial charge in [-0.15, -0.1) is 0 Å². The zero-order chi connectivity index (χ0) is 19.4. The number of carbonyl (C=O) groups is 1. The molecule has 0 saturated carbocycles. The second kappa shape index (κ2) is 7.87. The van der Waals surface area contributed by atoms with Crippen molar-refractivity contribution < 1.29 is 22.7 Å². The van der Waals surface area contributed by atoms with Crippen molar-refractivity contribution >= 4 is 11.7 Å². The normalized spacial score (nSPS) is 14.9. The van der Waals surface area contributed by atoms with E-state index in [0.29, 0.717) is 18.9 Å². The minimum absolute atomic E-state index is 0.0647. The van der Waals surface area contributed by atoms with Gasteiger partial charge in [-0.2, -0.15) is 13.2 Å². The fourth-order valence-electron chi connectivity index (χ4n) is 2.61. The van der Waals surface area contributed by atoms with E-state index in [1.807, 2.05) is 12.1 Å². The first-order valence-corrected chi connectivity index (χ1v) is 8.32. The third-order valence-electron chi connectivity index (χ3n) is 3.90. The first-order chi connectivity index (χ1) is 12.8. The van der Waals surface area contributed by atoms with Gasteiger partial charge >= 0.3 is 6.18 Å². The molecule has 0 spiro atoms. The van der Waals surface area contributed by atoms with E-state index in [0.717, 1.165) is 18.9 Å². The van der Waals surface area contributed by atoms with Crippen LogP contribution in [0, 0.1) is 6.92 Å². The third-order valence-corrected chi connectivity index (χ3v) is 3.90. The maximum absolute atomic E-state index is 12.8. The third kappa shape index (κ3) is 4.91. The molecule has 3 heterocycles. The highest BCUT2D eigenvalue weighted by Gasteiger charge is 2.35. The Bertz CT molecular complexity index is 822. The van der Waals surface area contributed by atoms with E-state index in [4.69, 9.17) is 4.74 Å². The molecule has 1 aliphatic heterocycles. The molecular formula is C17H18F3N5O2. The van der Waals surface area contributed by atoms with Crippen molar-refractivity contribution in [3.63, 3.8) is 0 Å². The zero-order valence-electron chi connectivity index (χ0n) is 14.6. The molecule has 0 radical (unpaired) electrons. The Morgan fingerprint density at radius 1 is 1.22 bits per heavy atom. The Hall–Kier alpha value is -2.75. The maximum atomic E-state index is 12.8. The molecule has 0 bridgehead atoms. The van der Waals surface area contributed by atoms with Crippen LogP contribution in [0.1, 0.15) is 27.7 Å². The molecule has 7 nitrogen and oxygen atoms in total. The number of alkyl halides is 3. The van der Waals surface area contributed by atoms with Crippen molar-refractivity contribution in [1.82, 2.24) is 20.3 Å². The first kappa shape index (κ1) is 19.0. The van der Waals surface area contributed by atoms with Crippen LogP contribution in [0.4, 0.5) is 19.0 Å². The number of hydrogen-bond donors (Lipinski definition) is 1. The predicted molar refractivity (Wildman–Crippen MR) is 90.2 cm³/mol. The summed E-state index contributed by atoms with van der Waals surface area (Å²) in [4.78, 5) is 25.4. The highest BCUT2D eigenvalue weighted by atomic mass is 19.4. The zero-order valence-corrected chi connectivity index (χ0v) is 14.6. The lowest BCUT2D eigenvalue weighted by molar-refractivity contribution is -0.145. The van der Waals surface area contributed by atoms with Gasteiger partial charge in [-0.25, -0.2) is 15.0 Å². The van der Waals surface area contributed by atoms with Crippen LogP contribution >= 0.6 is 0 Å². The molecule has 10 heteroatoms. The minimum Gasteiger partial charge on any atom is -0.378 e. The van der Waals surface area contributed by atoms with Gasteiger partial charge in [0.05, 0.1) is 25.5 Å². The van der Waals surface area contributed by atoms with Gasteiger partial charge in [-0.3, -0.25) is 4.79 Å². The molecule has 1 fully saturated rings. The lowest BCUT2D eigenvalue weighted by atomic mass is 10.3. The van der Waals surface area contributed by atoms with Gasteiger partial charge in [0.25, 0.3) is 5.91 Å². The summed E-state index contributed by atoms with van der Waals surface area (Å²) in [5, 5.41) is 2.55. The fraction of sp³-hybridized carbons (Fsp3) is 0.412. The SMILES string of the molecule is Cc1cc(C(=O)NCc2cccc(N3CCOCC3)n2)nc(C(F)(F)F)n1. The van der Waals surface area contributed by atoms with Crippen LogP contribution in [0.25, 0.3) is 0 Å². The van der Waals surface area contributed by atoms with Crippen LogP contribution in [0.2, 0.25) is 0 Å².